The maximum Gasteiger partial charge on any atom is 0.193 e. The molecule has 0 saturated heterocycles. The number of ether oxygens (including phenoxy) is 1. The predicted molar refractivity (Wildman–Crippen MR) is 105 cm³/mol. The standard InChI is InChI=1S/C22H21O2Si/c1-24-20-11-7-10-19(22(20)25(2)3)21(23)18-14-12-17(13-15-18)16-8-5-4-6-9-16/h4-15H,1-3H3. The number of hydrogen-bond acceptors (Lipinski definition) is 2. The molecule has 3 rings (SSSR count). The first kappa shape index (κ1) is 17.2. The Morgan fingerprint density at radius 3 is 2.04 bits per heavy atom. The van der Waals surface area contributed by atoms with Crippen molar-refractivity contribution in [1.29, 1.82) is 0 Å². The van der Waals surface area contributed by atoms with E-state index in [2.05, 4.69) is 25.2 Å². The summed E-state index contributed by atoms with van der Waals surface area (Å²) in [7, 11) is 0.827. The van der Waals surface area contributed by atoms with Crippen molar-refractivity contribution in [3.05, 3.63) is 83.9 Å². The van der Waals surface area contributed by atoms with Gasteiger partial charge in [-0.3, -0.25) is 4.79 Å². The molecule has 0 spiro atoms. The minimum atomic E-state index is -0.832. The van der Waals surface area contributed by atoms with Gasteiger partial charge in [0.15, 0.2) is 5.78 Å². The summed E-state index contributed by atoms with van der Waals surface area (Å²) in [6, 6.07) is 23.7. The first-order chi connectivity index (χ1) is 12.1. The Kier molecular flexibility index (Phi) is 5.15. The molecule has 3 heteroatoms. The number of ketones is 1. The van der Waals surface area contributed by atoms with E-state index in [1.165, 1.54) is 0 Å². The summed E-state index contributed by atoms with van der Waals surface area (Å²) in [5, 5.41) is 1.06. The van der Waals surface area contributed by atoms with E-state index < -0.39 is 8.80 Å². The van der Waals surface area contributed by atoms with E-state index in [1.54, 1.807) is 7.11 Å². The number of carbonyl (C=O) groups is 1. The average Bonchev–Trinajstić information content (AvgIpc) is 2.67. The van der Waals surface area contributed by atoms with Gasteiger partial charge in [0.05, 0.1) is 15.9 Å². The Morgan fingerprint density at radius 2 is 1.44 bits per heavy atom. The molecule has 125 valence electrons. The Morgan fingerprint density at radius 1 is 0.800 bits per heavy atom. The molecule has 2 nitrogen and oxygen atoms in total. The van der Waals surface area contributed by atoms with Crippen molar-refractivity contribution in [3.63, 3.8) is 0 Å². The topological polar surface area (TPSA) is 26.3 Å². The monoisotopic (exact) mass is 345 g/mol. The number of methoxy groups -OCH3 is 1. The molecule has 0 bridgehead atoms. The highest BCUT2D eigenvalue weighted by Gasteiger charge is 2.20. The maximum atomic E-state index is 13.0. The molecule has 3 aromatic carbocycles. The number of carbonyl (C=O) groups excluding carboxylic acids is 1. The van der Waals surface area contributed by atoms with Gasteiger partial charge >= 0.3 is 0 Å². The summed E-state index contributed by atoms with van der Waals surface area (Å²) in [6.45, 7) is 4.36. The van der Waals surface area contributed by atoms with Gasteiger partial charge < -0.3 is 4.74 Å². The molecule has 0 aromatic heterocycles. The molecule has 0 aliphatic heterocycles. The maximum absolute atomic E-state index is 13.0. The van der Waals surface area contributed by atoms with Crippen LogP contribution < -0.4 is 9.92 Å². The zero-order chi connectivity index (χ0) is 17.8. The fraction of sp³-hybridized carbons (Fsp3) is 0.136. The van der Waals surface area contributed by atoms with Gasteiger partial charge in [-0.05, 0) is 22.4 Å². The van der Waals surface area contributed by atoms with Gasteiger partial charge in [0.1, 0.15) is 5.75 Å². The van der Waals surface area contributed by atoms with Gasteiger partial charge in [0.25, 0.3) is 0 Å². The molecule has 25 heavy (non-hydrogen) atoms. The zero-order valence-electron chi connectivity index (χ0n) is 14.7. The van der Waals surface area contributed by atoms with E-state index in [-0.39, 0.29) is 5.78 Å². The summed E-state index contributed by atoms with van der Waals surface area (Å²) in [5.41, 5.74) is 3.72. The van der Waals surface area contributed by atoms with Crippen LogP contribution in [0, 0.1) is 0 Å². The van der Waals surface area contributed by atoms with Gasteiger partial charge in [0.2, 0.25) is 0 Å². The third kappa shape index (κ3) is 3.56. The lowest BCUT2D eigenvalue weighted by Crippen LogP contribution is -2.31. The molecule has 0 N–H and O–H groups in total. The first-order valence-corrected chi connectivity index (χ1v) is 10.8. The van der Waals surface area contributed by atoms with E-state index in [4.69, 9.17) is 4.74 Å². The smallest absolute Gasteiger partial charge is 0.193 e. The molecule has 0 aliphatic carbocycles. The number of hydrogen-bond donors (Lipinski definition) is 0. The third-order valence-electron chi connectivity index (χ3n) is 4.24. The van der Waals surface area contributed by atoms with E-state index in [0.717, 1.165) is 27.6 Å². The van der Waals surface area contributed by atoms with Crippen molar-refractivity contribution in [3.8, 4) is 16.9 Å². The SMILES string of the molecule is COc1cccc(C(=O)c2ccc(-c3ccccc3)cc2)c1[Si](C)C. The lowest BCUT2D eigenvalue weighted by atomic mass is 9.99. The third-order valence-corrected chi connectivity index (χ3v) is 5.76. The van der Waals surface area contributed by atoms with Crippen LogP contribution in [0.25, 0.3) is 11.1 Å². The van der Waals surface area contributed by atoms with Crippen molar-refractivity contribution in [1.82, 2.24) is 0 Å². The van der Waals surface area contributed by atoms with Crippen LogP contribution >= 0.6 is 0 Å². The van der Waals surface area contributed by atoms with Crippen LogP contribution in [0.4, 0.5) is 0 Å². The van der Waals surface area contributed by atoms with Crippen LogP contribution in [-0.2, 0) is 0 Å². The van der Waals surface area contributed by atoms with E-state index in [0.29, 0.717) is 5.56 Å². The molecular weight excluding hydrogens is 324 g/mol. The van der Waals surface area contributed by atoms with E-state index in [9.17, 15) is 4.79 Å². The first-order valence-electron chi connectivity index (χ1n) is 8.29. The highest BCUT2D eigenvalue weighted by atomic mass is 28.3. The van der Waals surface area contributed by atoms with Gasteiger partial charge in [-0.15, -0.1) is 0 Å². The quantitative estimate of drug-likeness (QED) is 0.501. The summed E-state index contributed by atoms with van der Waals surface area (Å²) < 4.78 is 5.48. The number of rotatable bonds is 5. The average molecular weight is 345 g/mol. The van der Waals surface area contributed by atoms with E-state index >= 15 is 0 Å². The highest BCUT2D eigenvalue weighted by Crippen LogP contribution is 2.21. The van der Waals surface area contributed by atoms with Crippen molar-refractivity contribution in [2.45, 2.75) is 13.1 Å². The predicted octanol–water partition coefficient (Wildman–Crippen LogP) is 4.55. The second-order valence-corrected chi connectivity index (χ2v) is 8.66. The molecule has 1 radical (unpaired) electrons. The number of benzene rings is 3. The molecule has 0 saturated carbocycles. The summed E-state index contributed by atoms with van der Waals surface area (Å²) in [4.78, 5) is 13.0. The molecule has 0 amide bonds. The second-order valence-electron chi connectivity index (χ2n) is 6.16. The van der Waals surface area contributed by atoms with Crippen molar-refractivity contribution >= 4 is 19.8 Å². The molecule has 0 atom stereocenters. The van der Waals surface area contributed by atoms with Crippen LogP contribution in [0.1, 0.15) is 15.9 Å². The molecule has 0 fully saturated rings. The normalized spacial score (nSPS) is 10.7. The Labute approximate surface area is 150 Å². The van der Waals surface area contributed by atoms with Crippen LogP contribution in [0.3, 0.4) is 0 Å². The summed E-state index contributed by atoms with van der Waals surface area (Å²) in [5.74, 6) is 0.866. The van der Waals surface area contributed by atoms with Crippen LogP contribution in [0.15, 0.2) is 72.8 Å². The fourth-order valence-corrected chi connectivity index (χ4v) is 4.42. The summed E-state index contributed by atoms with van der Waals surface area (Å²) in [6.07, 6.45) is 0. The molecule has 3 aromatic rings. The minimum absolute atomic E-state index is 0.0553. The highest BCUT2D eigenvalue weighted by molar-refractivity contribution is 6.73. The van der Waals surface area contributed by atoms with Crippen LogP contribution in [0.5, 0.6) is 5.75 Å². The van der Waals surface area contributed by atoms with Crippen LogP contribution in [-0.4, -0.2) is 21.7 Å². The summed E-state index contributed by atoms with van der Waals surface area (Å²) >= 11 is 0. The Bertz CT molecular complexity index is 868. The second kappa shape index (κ2) is 7.49. The lowest BCUT2D eigenvalue weighted by molar-refractivity contribution is 0.103. The van der Waals surface area contributed by atoms with Crippen LogP contribution in [0.2, 0.25) is 13.1 Å². The van der Waals surface area contributed by atoms with Gasteiger partial charge in [-0.25, -0.2) is 0 Å². The Hall–Kier alpha value is -2.65. The minimum Gasteiger partial charge on any atom is -0.497 e. The van der Waals surface area contributed by atoms with Crippen molar-refractivity contribution in [2.75, 3.05) is 7.11 Å². The van der Waals surface area contributed by atoms with Crippen molar-refractivity contribution < 1.29 is 9.53 Å². The largest absolute Gasteiger partial charge is 0.497 e. The van der Waals surface area contributed by atoms with Gasteiger partial charge in [0, 0.05) is 11.1 Å². The Balaban J connectivity index is 1.97. The molecular formula is C22H21O2Si. The molecule has 0 heterocycles. The zero-order valence-corrected chi connectivity index (χ0v) is 15.7. The van der Waals surface area contributed by atoms with E-state index in [1.807, 2.05) is 60.7 Å². The van der Waals surface area contributed by atoms with Gasteiger partial charge in [-0.2, -0.15) is 0 Å². The van der Waals surface area contributed by atoms with Gasteiger partial charge in [-0.1, -0.05) is 79.8 Å². The van der Waals surface area contributed by atoms with Crippen molar-refractivity contribution in [2.24, 2.45) is 0 Å². The molecule has 0 aliphatic rings. The molecule has 0 unspecified atom stereocenters. The lowest BCUT2D eigenvalue weighted by Gasteiger charge is -2.15. The fourth-order valence-electron chi connectivity index (χ4n) is 3.01.